The highest BCUT2D eigenvalue weighted by molar-refractivity contribution is 7.88. The van der Waals surface area contributed by atoms with Gasteiger partial charge in [0.15, 0.2) is 0 Å². The Labute approximate surface area is 93.1 Å². The van der Waals surface area contributed by atoms with Crippen molar-refractivity contribution in [3.8, 4) is 0 Å². The zero-order valence-corrected chi connectivity index (χ0v) is 9.64. The van der Waals surface area contributed by atoms with Crippen LogP contribution in [0.2, 0.25) is 5.15 Å². The molecule has 6 nitrogen and oxygen atoms in total. The van der Waals surface area contributed by atoms with E-state index in [1.165, 1.54) is 12.4 Å². The SMILES string of the molecule is CS(=O)(=O)NCCNc1cncc(Cl)n1. The molecule has 1 aromatic heterocycles. The molecular weight excluding hydrogens is 240 g/mol. The molecule has 0 saturated carbocycles. The molecule has 0 atom stereocenters. The Kier molecular flexibility index (Phi) is 4.25. The van der Waals surface area contributed by atoms with Gasteiger partial charge in [-0.1, -0.05) is 11.6 Å². The maximum atomic E-state index is 10.7. The van der Waals surface area contributed by atoms with Crippen molar-refractivity contribution in [2.24, 2.45) is 0 Å². The summed E-state index contributed by atoms with van der Waals surface area (Å²) in [7, 11) is -3.14. The van der Waals surface area contributed by atoms with Gasteiger partial charge in [-0.3, -0.25) is 4.98 Å². The van der Waals surface area contributed by atoms with Crippen LogP contribution in [-0.4, -0.2) is 37.7 Å². The summed E-state index contributed by atoms with van der Waals surface area (Å²) >= 11 is 5.61. The van der Waals surface area contributed by atoms with Gasteiger partial charge in [-0.2, -0.15) is 0 Å². The molecular formula is C7H11ClN4O2S. The van der Waals surface area contributed by atoms with Crippen LogP contribution < -0.4 is 10.0 Å². The quantitative estimate of drug-likeness (QED) is 0.724. The molecule has 0 spiro atoms. The predicted molar refractivity (Wildman–Crippen MR) is 58.4 cm³/mol. The van der Waals surface area contributed by atoms with Gasteiger partial charge in [-0.15, -0.1) is 0 Å². The Hall–Kier alpha value is -0.920. The van der Waals surface area contributed by atoms with Gasteiger partial charge in [0.05, 0.1) is 18.6 Å². The topological polar surface area (TPSA) is 84.0 Å². The molecule has 0 amide bonds. The maximum Gasteiger partial charge on any atom is 0.208 e. The number of rotatable bonds is 5. The summed E-state index contributed by atoms with van der Waals surface area (Å²) in [4.78, 5) is 7.74. The zero-order valence-electron chi connectivity index (χ0n) is 8.07. The van der Waals surface area contributed by atoms with Crippen LogP contribution in [0.4, 0.5) is 5.82 Å². The molecule has 15 heavy (non-hydrogen) atoms. The predicted octanol–water partition coefficient (Wildman–Crippen LogP) is 0.0911. The largest absolute Gasteiger partial charge is 0.367 e. The van der Waals surface area contributed by atoms with Gasteiger partial charge in [0.1, 0.15) is 11.0 Å². The minimum absolute atomic E-state index is 0.285. The number of halogens is 1. The summed E-state index contributed by atoms with van der Waals surface area (Å²) in [6, 6.07) is 0. The van der Waals surface area contributed by atoms with E-state index in [9.17, 15) is 8.42 Å². The van der Waals surface area contributed by atoms with Gasteiger partial charge in [0.2, 0.25) is 10.0 Å². The first-order valence-electron chi connectivity index (χ1n) is 4.13. The van der Waals surface area contributed by atoms with Gasteiger partial charge in [0.25, 0.3) is 0 Å². The zero-order chi connectivity index (χ0) is 11.3. The summed E-state index contributed by atoms with van der Waals surface area (Å²) in [5.41, 5.74) is 0. The van der Waals surface area contributed by atoms with E-state index < -0.39 is 10.0 Å². The molecule has 0 aliphatic carbocycles. The molecule has 0 saturated heterocycles. The van der Waals surface area contributed by atoms with Gasteiger partial charge in [0, 0.05) is 13.1 Å². The molecule has 0 unspecified atom stereocenters. The standard InChI is InChI=1S/C7H11ClN4O2S/c1-15(13,14)11-3-2-10-7-5-9-4-6(8)12-7/h4-5,11H,2-3H2,1H3,(H,10,12). The van der Waals surface area contributed by atoms with Gasteiger partial charge in [-0.25, -0.2) is 18.1 Å². The highest BCUT2D eigenvalue weighted by Gasteiger charge is 1.99. The molecule has 8 heteroatoms. The van der Waals surface area contributed by atoms with Crippen LogP contribution in [0, 0.1) is 0 Å². The lowest BCUT2D eigenvalue weighted by molar-refractivity contribution is 0.589. The molecule has 2 N–H and O–H groups in total. The van der Waals surface area contributed by atoms with E-state index in [1.54, 1.807) is 0 Å². The van der Waals surface area contributed by atoms with E-state index in [1.807, 2.05) is 0 Å². The van der Waals surface area contributed by atoms with Crippen LogP contribution in [0.1, 0.15) is 0 Å². The second-order valence-electron chi connectivity index (χ2n) is 2.82. The average molecular weight is 251 g/mol. The normalized spacial score (nSPS) is 11.3. The molecule has 0 fully saturated rings. The summed E-state index contributed by atoms with van der Waals surface area (Å²) in [6.07, 6.45) is 4.03. The lowest BCUT2D eigenvalue weighted by Gasteiger charge is -2.05. The molecule has 0 radical (unpaired) electrons. The lowest BCUT2D eigenvalue weighted by Crippen LogP contribution is -2.27. The first-order valence-corrected chi connectivity index (χ1v) is 6.40. The van der Waals surface area contributed by atoms with E-state index in [2.05, 4.69) is 20.0 Å². The first-order chi connectivity index (χ1) is 6.97. The first kappa shape index (κ1) is 12.2. The Morgan fingerprint density at radius 2 is 2.13 bits per heavy atom. The maximum absolute atomic E-state index is 10.7. The highest BCUT2D eigenvalue weighted by atomic mass is 35.5. The molecule has 0 bridgehead atoms. The van der Waals surface area contributed by atoms with E-state index in [0.29, 0.717) is 12.4 Å². The Morgan fingerprint density at radius 3 is 2.73 bits per heavy atom. The van der Waals surface area contributed by atoms with Crippen molar-refractivity contribution < 1.29 is 8.42 Å². The Balaban J connectivity index is 2.32. The number of hydrogen-bond donors (Lipinski definition) is 2. The molecule has 0 aliphatic rings. The van der Waals surface area contributed by atoms with Crippen molar-refractivity contribution in [2.75, 3.05) is 24.7 Å². The third kappa shape index (κ3) is 5.50. The Bertz CT molecular complexity index is 423. The van der Waals surface area contributed by atoms with Crippen LogP contribution in [0.3, 0.4) is 0 Å². The van der Waals surface area contributed by atoms with E-state index in [4.69, 9.17) is 11.6 Å². The van der Waals surface area contributed by atoms with Crippen molar-refractivity contribution in [3.63, 3.8) is 0 Å². The molecule has 84 valence electrons. The molecule has 0 aliphatic heterocycles. The fourth-order valence-electron chi connectivity index (χ4n) is 0.854. The van der Waals surface area contributed by atoms with Crippen molar-refractivity contribution in [3.05, 3.63) is 17.5 Å². The third-order valence-corrected chi connectivity index (χ3v) is 2.31. The molecule has 1 aromatic rings. The van der Waals surface area contributed by atoms with E-state index in [-0.39, 0.29) is 11.7 Å². The lowest BCUT2D eigenvalue weighted by atomic mass is 10.6. The third-order valence-electron chi connectivity index (χ3n) is 1.40. The van der Waals surface area contributed by atoms with Crippen LogP contribution >= 0.6 is 11.6 Å². The van der Waals surface area contributed by atoms with Crippen LogP contribution in [-0.2, 0) is 10.0 Å². The minimum Gasteiger partial charge on any atom is -0.367 e. The fraction of sp³-hybridized carbons (Fsp3) is 0.429. The summed E-state index contributed by atoms with van der Waals surface area (Å²) in [6.45, 7) is 0.703. The molecule has 1 heterocycles. The van der Waals surface area contributed by atoms with Crippen LogP contribution in [0.25, 0.3) is 0 Å². The van der Waals surface area contributed by atoms with Crippen LogP contribution in [0.15, 0.2) is 12.4 Å². The van der Waals surface area contributed by atoms with Crippen molar-refractivity contribution in [2.45, 2.75) is 0 Å². The van der Waals surface area contributed by atoms with Crippen LogP contribution in [0.5, 0.6) is 0 Å². The Morgan fingerprint density at radius 1 is 1.40 bits per heavy atom. The fourth-order valence-corrected chi connectivity index (χ4v) is 1.47. The monoisotopic (exact) mass is 250 g/mol. The van der Waals surface area contributed by atoms with Gasteiger partial charge in [-0.05, 0) is 0 Å². The smallest absolute Gasteiger partial charge is 0.208 e. The average Bonchev–Trinajstić information content (AvgIpc) is 2.11. The summed E-state index contributed by atoms with van der Waals surface area (Å²) in [5, 5.41) is 3.16. The van der Waals surface area contributed by atoms with Crippen molar-refractivity contribution in [1.82, 2.24) is 14.7 Å². The summed E-state index contributed by atoms with van der Waals surface area (Å²) < 4.78 is 23.8. The number of nitrogens with one attached hydrogen (secondary N) is 2. The second-order valence-corrected chi connectivity index (χ2v) is 5.04. The van der Waals surface area contributed by atoms with Gasteiger partial charge < -0.3 is 5.32 Å². The van der Waals surface area contributed by atoms with Gasteiger partial charge >= 0.3 is 0 Å². The van der Waals surface area contributed by atoms with Crippen molar-refractivity contribution in [1.29, 1.82) is 0 Å². The minimum atomic E-state index is -3.14. The van der Waals surface area contributed by atoms with Crippen molar-refractivity contribution >= 4 is 27.4 Å². The number of anilines is 1. The number of sulfonamides is 1. The number of aromatic nitrogens is 2. The summed E-state index contributed by atoms with van der Waals surface area (Å²) in [5.74, 6) is 0.512. The number of nitrogens with zero attached hydrogens (tertiary/aromatic N) is 2. The number of hydrogen-bond acceptors (Lipinski definition) is 5. The van der Waals surface area contributed by atoms with E-state index >= 15 is 0 Å². The van der Waals surface area contributed by atoms with E-state index in [0.717, 1.165) is 6.26 Å². The second kappa shape index (κ2) is 5.24. The molecule has 0 aromatic carbocycles. The molecule has 1 rings (SSSR count). The highest BCUT2D eigenvalue weighted by Crippen LogP contribution is 2.05.